The molecule has 4 atom stereocenters. The minimum Gasteiger partial charge on any atom is -0.481 e. The number of hydrogen-bond acceptors (Lipinski definition) is 3. The Labute approximate surface area is 120 Å². The van der Waals surface area contributed by atoms with Crippen LogP contribution < -0.4 is 0 Å². The minimum absolute atomic E-state index is 0.00137. The monoisotopic (exact) mass is 280 g/mol. The van der Waals surface area contributed by atoms with Crippen LogP contribution in [0.1, 0.15) is 39.5 Å². The zero-order valence-electron chi connectivity index (χ0n) is 12.3. The van der Waals surface area contributed by atoms with E-state index < -0.39 is 29.9 Å². The van der Waals surface area contributed by atoms with Crippen molar-refractivity contribution in [3.05, 3.63) is 24.8 Å². The fraction of sp³-hybridized carbons (Fsp3) is 0.625. The third-order valence-electron chi connectivity index (χ3n) is 4.00. The van der Waals surface area contributed by atoms with Crippen LogP contribution in [-0.4, -0.2) is 23.1 Å². The van der Waals surface area contributed by atoms with Crippen LogP contribution in [0, 0.1) is 17.8 Å². The van der Waals surface area contributed by atoms with E-state index in [2.05, 4.69) is 13.2 Å². The van der Waals surface area contributed by atoms with Crippen LogP contribution in [0.2, 0.25) is 0 Å². The topological polar surface area (TPSA) is 63.6 Å². The molecular formula is C16H24O4. The van der Waals surface area contributed by atoms with Crippen LogP contribution in [0.3, 0.4) is 0 Å². The molecular weight excluding hydrogens is 256 g/mol. The van der Waals surface area contributed by atoms with E-state index in [0.717, 1.165) is 18.4 Å². The van der Waals surface area contributed by atoms with Gasteiger partial charge in [-0.15, -0.1) is 6.58 Å². The lowest BCUT2D eigenvalue weighted by Gasteiger charge is -2.33. The highest BCUT2D eigenvalue weighted by Crippen LogP contribution is 2.36. The second-order valence-electron chi connectivity index (χ2n) is 5.67. The molecule has 1 rings (SSSR count). The summed E-state index contributed by atoms with van der Waals surface area (Å²) in [6, 6.07) is 0. The van der Waals surface area contributed by atoms with Gasteiger partial charge in [-0.1, -0.05) is 26.0 Å². The molecule has 0 saturated heterocycles. The quantitative estimate of drug-likeness (QED) is 0.599. The molecule has 0 radical (unpaired) electrons. The van der Waals surface area contributed by atoms with Crippen molar-refractivity contribution in [2.24, 2.45) is 17.8 Å². The van der Waals surface area contributed by atoms with Gasteiger partial charge in [0.2, 0.25) is 0 Å². The molecule has 0 aromatic rings. The van der Waals surface area contributed by atoms with E-state index in [0.29, 0.717) is 12.8 Å². The zero-order valence-corrected chi connectivity index (χ0v) is 12.3. The maximum atomic E-state index is 12.3. The van der Waals surface area contributed by atoms with Crippen molar-refractivity contribution in [3.8, 4) is 0 Å². The molecule has 0 bridgehead atoms. The van der Waals surface area contributed by atoms with Gasteiger partial charge in [0, 0.05) is 6.42 Å². The largest absolute Gasteiger partial charge is 0.481 e. The first-order valence-electron chi connectivity index (χ1n) is 7.08. The zero-order chi connectivity index (χ0) is 15.3. The lowest BCUT2D eigenvalue weighted by atomic mass is 9.73. The van der Waals surface area contributed by atoms with Crippen molar-refractivity contribution in [1.82, 2.24) is 0 Å². The van der Waals surface area contributed by atoms with Gasteiger partial charge in [0.25, 0.3) is 0 Å². The Morgan fingerprint density at radius 3 is 2.60 bits per heavy atom. The third-order valence-corrected chi connectivity index (χ3v) is 4.00. The van der Waals surface area contributed by atoms with Gasteiger partial charge in [-0.2, -0.15) is 0 Å². The van der Waals surface area contributed by atoms with Crippen molar-refractivity contribution in [3.63, 3.8) is 0 Å². The molecule has 1 aliphatic carbocycles. The number of carbonyl (C=O) groups excluding carboxylic acids is 1. The van der Waals surface area contributed by atoms with Crippen LogP contribution >= 0.6 is 0 Å². The number of rotatable bonds is 6. The number of aliphatic carboxylic acids is 1. The SMILES string of the molecule is C=CCC(OC(=O)C1CCCC(C)C1C(=O)O)C(=C)C. The molecule has 0 heterocycles. The molecule has 0 amide bonds. The van der Waals surface area contributed by atoms with Gasteiger partial charge in [0.05, 0.1) is 11.8 Å². The minimum atomic E-state index is -0.908. The average molecular weight is 280 g/mol. The molecule has 4 nitrogen and oxygen atoms in total. The highest BCUT2D eigenvalue weighted by atomic mass is 16.5. The fourth-order valence-corrected chi connectivity index (χ4v) is 2.82. The molecule has 0 aromatic carbocycles. The molecule has 20 heavy (non-hydrogen) atoms. The second kappa shape index (κ2) is 7.27. The Bertz CT molecular complexity index is 399. The third kappa shape index (κ3) is 3.95. The van der Waals surface area contributed by atoms with Crippen LogP contribution in [0.5, 0.6) is 0 Å². The fourth-order valence-electron chi connectivity index (χ4n) is 2.82. The number of esters is 1. The summed E-state index contributed by atoms with van der Waals surface area (Å²) in [7, 11) is 0. The normalized spacial score (nSPS) is 27.4. The number of ether oxygens (including phenoxy) is 1. The maximum absolute atomic E-state index is 12.3. The van der Waals surface area contributed by atoms with E-state index in [1.54, 1.807) is 13.0 Å². The summed E-state index contributed by atoms with van der Waals surface area (Å²) in [5.41, 5.74) is 0.744. The van der Waals surface area contributed by atoms with E-state index in [1.807, 2.05) is 6.92 Å². The number of carboxylic acid groups (broad SMARTS) is 1. The van der Waals surface area contributed by atoms with Gasteiger partial charge < -0.3 is 9.84 Å². The van der Waals surface area contributed by atoms with Gasteiger partial charge in [-0.25, -0.2) is 0 Å². The number of hydrogen-bond donors (Lipinski definition) is 1. The smallest absolute Gasteiger partial charge is 0.310 e. The molecule has 0 aliphatic heterocycles. The van der Waals surface area contributed by atoms with Crippen LogP contribution in [0.15, 0.2) is 24.8 Å². The van der Waals surface area contributed by atoms with Gasteiger partial charge >= 0.3 is 11.9 Å². The van der Waals surface area contributed by atoms with Crippen LogP contribution in [0.4, 0.5) is 0 Å². The predicted octanol–water partition coefficient (Wildman–Crippen LogP) is 3.19. The lowest BCUT2D eigenvalue weighted by Crippen LogP contribution is -2.39. The van der Waals surface area contributed by atoms with Crippen molar-refractivity contribution in [2.75, 3.05) is 0 Å². The Morgan fingerprint density at radius 2 is 2.10 bits per heavy atom. The van der Waals surface area contributed by atoms with E-state index in [4.69, 9.17) is 4.74 Å². The molecule has 4 unspecified atom stereocenters. The molecule has 4 heteroatoms. The maximum Gasteiger partial charge on any atom is 0.310 e. The van der Waals surface area contributed by atoms with E-state index >= 15 is 0 Å². The van der Waals surface area contributed by atoms with Gasteiger partial charge in [-0.3, -0.25) is 9.59 Å². The van der Waals surface area contributed by atoms with Crippen molar-refractivity contribution in [2.45, 2.75) is 45.6 Å². The highest BCUT2D eigenvalue weighted by molar-refractivity contribution is 5.81. The number of carboxylic acids is 1. The second-order valence-corrected chi connectivity index (χ2v) is 5.67. The Balaban J connectivity index is 2.80. The summed E-state index contributed by atoms with van der Waals surface area (Å²) in [5, 5.41) is 9.33. The standard InChI is InChI=1S/C16H24O4/c1-5-7-13(10(2)3)20-16(19)12-9-6-8-11(4)14(12)15(17)18/h5,11-14H,1-2,6-9H2,3-4H3,(H,17,18). The summed E-state index contributed by atoms with van der Waals surface area (Å²) >= 11 is 0. The summed E-state index contributed by atoms with van der Waals surface area (Å²) in [6.07, 6.45) is 4.05. The Kier molecular flexibility index (Phi) is 5.99. The summed E-state index contributed by atoms with van der Waals surface area (Å²) in [5.74, 6) is -2.52. The van der Waals surface area contributed by atoms with E-state index in [-0.39, 0.29) is 5.92 Å². The van der Waals surface area contributed by atoms with E-state index in [1.165, 1.54) is 0 Å². The first kappa shape index (κ1) is 16.5. The van der Waals surface area contributed by atoms with Gasteiger partial charge in [0.15, 0.2) is 0 Å². The first-order valence-corrected chi connectivity index (χ1v) is 7.08. The van der Waals surface area contributed by atoms with Crippen LogP contribution in [0.25, 0.3) is 0 Å². The van der Waals surface area contributed by atoms with Crippen molar-refractivity contribution < 1.29 is 19.4 Å². The Morgan fingerprint density at radius 1 is 1.45 bits per heavy atom. The molecule has 1 aliphatic rings. The predicted molar refractivity (Wildman–Crippen MR) is 77.1 cm³/mol. The molecule has 1 fully saturated rings. The summed E-state index contributed by atoms with van der Waals surface area (Å²) < 4.78 is 5.45. The molecule has 0 aromatic heterocycles. The highest BCUT2D eigenvalue weighted by Gasteiger charge is 2.41. The average Bonchev–Trinajstić information content (AvgIpc) is 2.37. The van der Waals surface area contributed by atoms with Crippen LogP contribution in [-0.2, 0) is 14.3 Å². The molecule has 1 saturated carbocycles. The first-order chi connectivity index (χ1) is 9.38. The molecule has 112 valence electrons. The van der Waals surface area contributed by atoms with Crippen molar-refractivity contribution >= 4 is 11.9 Å². The van der Waals surface area contributed by atoms with Gasteiger partial charge in [-0.05, 0) is 31.3 Å². The van der Waals surface area contributed by atoms with Gasteiger partial charge in [0.1, 0.15) is 6.10 Å². The molecule has 0 spiro atoms. The van der Waals surface area contributed by atoms with Crippen molar-refractivity contribution in [1.29, 1.82) is 0 Å². The molecule has 1 N–H and O–H groups in total. The number of carbonyl (C=O) groups is 2. The summed E-state index contributed by atoms with van der Waals surface area (Å²) in [4.78, 5) is 23.7. The van der Waals surface area contributed by atoms with E-state index in [9.17, 15) is 14.7 Å². The lowest BCUT2D eigenvalue weighted by molar-refractivity contribution is -0.164. The Hall–Kier alpha value is -1.58. The summed E-state index contributed by atoms with van der Waals surface area (Å²) in [6.45, 7) is 11.1.